The molecular formula is C29H41N3O3S. The first-order valence-corrected chi connectivity index (χ1v) is 14.4. The fourth-order valence-electron chi connectivity index (χ4n) is 5.69. The summed E-state index contributed by atoms with van der Waals surface area (Å²) in [4.78, 5) is 34.4. The van der Waals surface area contributed by atoms with Crippen LogP contribution in [-0.2, 0) is 16.0 Å². The number of nitrogens with zero attached hydrogens (tertiary/aromatic N) is 3. The van der Waals surface area contributed by atoms with Crippen LogP contribution in [0.2, 0.25) is 0 Å². The van der Waals surface area contributed by atoms with E-state index in [4.69, 9.17) is 4.74 Å². The predicted octanol–water partition coefficient (Wildman–Crippen LogP) is 4.98. The van der Waals surface area contributed by atoms with Crippen molar-refractivity contribution in [1.29, 1.82) is 0 Å². The lowest BCUT2D eigenvalue weighted by molar-refractivity contribution is -0.146. The number of carbonyl (C=O) groups is 2. The van der Waals surface area contributed by atoms with Crippen molar-refractivity contribution in [1.82, 2.24) is 14.7 Å². The molecule has 0 radical (unpaired) electrons. The molecule has 1 fully saturated rings. The molecule has 0 bridgehead atoms. The van der Waals surface area contributed by atoms with Gasteiger partial charge in [0.05, 0.1) is 19.7 Å². The second-order valence-corrected chi connectivity index (χ2v) is 11.2. The van der Waals surface area contributed by atoms with Crippen LogP contribution in [0.25, 0.3) is 0 Å². The van der Waals surface area contributed by atoms with Gasteiger partial charge < -0.3 is 14.5 Å². The van der Waals surface area contributed by atoms with Crippen LogP contribution in [0.4, 0.5) is 0 Å². The number of ether oxygens (including phenoxy) is 1. The van der Waals surface area contributed by atoms with Gasteiger partial charge in [-0.05, 0) is 60.9 Å². The lowest BCUT2D eigenvalue weighted by Gasteiger charge is -2.42. The second-order valence-electron chi connectivity index (χ2n) is 10.2. The fourth-order valence-corrected chi connectivity index (χ4v) is 6.59. The van der Waals surface area contributed by atoms with Gasteiger partial charge in [-0.1, -0.05) is 38.8 Å². The average Bonchev–Trinajstić information content (AvgIpc) is 3.38. The van der Waals surface area contributed by atoms with E-state index in [0.29, 0.717) is 26.2 Å². The fraction of sp³-hybridized carbons (Fsp3) is 0.586. The molecule has 36 heavy (non-hydrogen) atoms. The van der Waals surface area contributed by atoms with Crippen LogP contribution in [0, 0.1) is 5.92 Å². The number of unbranched alkanes of at least 4 members (excludes halogenated alkanes) is 1. The Morgan fingerprint density at radius 1 is 1.11 bits per heavy atom. The van der Waals surface area contributed by atoms with E-state index in [-0.39, 0.29) is 29.8 Å². The van der Waals surface area contributed by atoms with Crippen molar-refractivity contribution < 1.29 is 14.3 Å². The van der Waals surface area contributed by atoms with Crippen LogP contribution in [0.3, 0.4) is 0 Å². The SMILES string of the molecule is CCCC[C@H](CC)C(=O)N1CCN(C(=O)CN2CCc3sccc3[C@@H]2c2ccc(OC)cc2)C[C@@H]1C. The number of fused-ring (bicyclic) bond motifs is 1. The average molecular weight is 512 g/mol. The first-order chi connectivity index (χ1) is 17.5. The number of hydrogen-bond acceptors (Lipinski definition) is 5. The molecule has 6 nitrogen and oxygen atoms in total. The number of piperazine rings is 1. The summed E-state index contributed by atoms with van der Waals surface area (Å²) in [5.41, 5.74) is 2.50. The molecular weight excluding hydrogens is 470 g/mol. The van der Waals surface area contributed by atoms with Gasteiger partial charge >= 0.3 is 0 Å². The van der Waals surface area contributed by atoms with Crippen molar-refractivity contribution in [2.45, 2.75) is 65.0 Å². The van der Waals surface area contributed by atoms with Crippen LogP contribution in [0.5, 0.6) is 5.75 Å². The number of hydrogen-bond donors (Lipinski definition) is 0. The number of amides is 2. The molecule has 4 rings (SSSR count). The van der Waals surface area contributed by atoms with E-state index in [2.05, 4.69) is 49.3 Å². The molecule has 0 unspecified atom stereocenters. The third-order valence-electron chi connectivity index (χ3n) is 7.85. The summed E-state index contributed by atoms with van der Waals surface area (Å²) in [6.07, 6.45) is 5.03. The Morgan fingerprint density at radius 3 is 2.56 bits per heavy atom. The van der Waals surface area contributed by atoms with E-state index in [1.807, 2.05) is 33.3 Å². The second kappa shape index (κ2) is 12.2. The van der Waals surface area contributed by atoms with Crippen molar-refractivity contribution >= 4 is 23.2 Å². The quantitative estimate of drug-likeness (QED) is 0.477. The highest BCUT2D eigenvalue weighted by Gasteiger charge is 2.35. The third kappa shape index (κ3) is 5.78. The van der Waals surface area contributed by atoms with Gasteiger partial charge in [0, 0.05) is 43.0 Å². The van der Waals surface area contributed by atoms with Gasteiger partial charge in [0.15, 0.2) is 0 Å². The molecule has 1 aromatic heterocycles. The van der Waals surface area contributed by atoms with Crippen LogP contribution in [0.15, 0.2) is 35.7 Å². The van der Waals surface area contributed by atoms with Crippen molar-refractivity contribution in [3.63, 3.8) is 0 Å². The summed E-state index contributed by atoms with van der Waals surface area (Å²) >= 11 is 1.81. The molecule has 7 heteroatoms. The largest absolute Gasteiger partial charge is 0.497 e. The van der Waals surface area contributed by atoms with Crippen molar-refractivity contribution in [3.8, 4) is 5.75 Å². The Balaban J connectivity index is 1.43. The number of methoxy groups -OCH3 is 1. The molecule has 1 aromatic carbocycles. The van der Waals surface area contributed by atoms with E-state index in [0.717, 1.165) is 44.4 Å². The summed E-state index contributed by atoms with van der Waals surface area (Å²) in [5.74, 6) is 1.37. The Hall–Kier alpha value is -2.38. The van der Waals surface area contributed by atoms with Crippen LogP contribution in [0.1, 0.15) is 68.5 Å². The summed E-state index contributed by atoms with van der Waals surface area (Å²) < 4.78 is 5.36. The minimum Gasteiger partial charge on any atom is -0.497 e. The number of benzene rings is 1. The van der Waals surface area contributed by atoms with Crippen LogP contribution in [-0.4, -0.2) is 72.4 Å². The Labute approximate surface area is 220 Å². The highest BCUT2D eigenvalue weighted by Crippen LogP contribution is 2.38. The van der Waals surface area contributed by atoms with Gasteiger partial charge in [-0.15, -0.1) is 11.3 Å². The standard InChI is InChI=1S/C29H41N3O3S/c1-5-7-8-22(6-2)29(34)32-17-16-30(19-21(32)3)27(33)20-31-15-13-26-25(14-18-36-26)28(31)23-9-11-24(35-4)12-10-23/h9-12,14,18,21-22,28H,5-8,13,15-17,19-20H2,1-4H3/t21-,22-,28-/m0/s1. The minimum absolute atomic E-state index is 0.0492. The Kier molecular flexibility index (Phi) is 9.07. The highest BCUT2D eigenvalue weighted by molar-refractivity contribution is 7.10. The van der Waals surface area contributed by atoms with Gasteiger partial charge in [-0.2, -0.15) is 0 Å². The molecule has 1 saturated heterocycles. The maximum absolute atomic E-state index is 13.5. The molecule has 2 aliphatic rings. The maximum atomic E-state index is 13.5. The van der Waals surface area contributed by atoms with Crippen molar-refractivity contribution in [2.24, 2.45) is 5.92 Å². The monoisotopic (exact) mass is 511 g/mol. The zero-order valence-corrected chi connectivity index (χ0v) is 23.1. The Bertz CT molecular complexity index is 1020. The third-order valence-corrected chi connectivity index (χ3v) is 8.84. The van der Waals surface area contributed by atoms with Crippen molar-refractivity contribution in [3.05, 3.63) is 51.7 Å². The molecule has 196 valence electrons. The van der Waals surface area contributed by atoms with Gasteiger partial charge in [-0.3, -0.25) is 14.5 Å². The van der Waals surface area contributed by atoms with Gasteiger partial charge in [0.2, 0.25) is 11.8 Å². The zero-order valence-electron chi connectivity index (χ0n) is 22.2. The molecule has 3 heterocycles. The topological polar surface area (TPSA) is 53.1 Å². The number of rotatable bonds is 9. The van der Waals surface area contributed by atoms with Crippen molar-refractivity contribution in [2.75, 3.05) is 39.8 Å². The first-order valence-electron chi connectivity index (χ1n) is 13.5. The molecule has 0 saturated carbocycles. The van der Waals surface area contributed by atoms with Crippen LogP contribution >= 0.6 is 11.3 Å². The summed E-state index contributed by atoms with van der Waals surface area (Å²) in [5, 5.41) is 2.16. The lowest BCUT2D eigenvalue weighted by Crippen LogP contribution is -2.58. The van der Waals surface area contributed by atoms with E-state index in [1.54, 1.807) is 7.11 Å². The maximum Gasteiger partial charge on any atom is 0.236 e. The predicted molar refractivity (Wildman–Crippen MR) is 145 cm³/mol. The molecule has 2 aliphatic heterocycles. The number of thiophene rings is 1. The van der Waals surface area contributed by atoms with E-state index in [9.17, 15) is 9.59 Å². The van der Waals surface area contributed by atoms with E-state index in [1.165, 1.54) is 16.0 Å². The lowest BCUT2D eigenvalue weighted by atomic mass is 9.93. The van der Waals surface area contributed by atoms with Gasteiger partial charge in [0.1, 0.15) is 5.75 Å². The normalized spacial score (nSPS) is 21.2. The summed E-state index contributed by atoms with van der Waals surface area (Å²) in [7, 11) is 1.68. The van der Waals surface area contributed by atoms with Gasteiger partial charge in [0.25, 0.3) is 0 Å². The van der Waals surface area contributed by atoms with E-state index < -0.39 is 0 Å². The molecule has 0 aliphatic carbocycles. The molecule has 0 N–H and O–H groups in total. The first kappa shape index (κ1) is 26.7. The zero-order chi connectivity index (χ0) is 25.7. The molecule has 2 aromatic rings. The molecule has 3 atom stereocenters. The number of carbonyl (C=O) groups excluding carboxylic acids is 2. The molecule has 0 spiro atoms. The van der Waals surface area contributed by atoms with Gasteiger partial charge in [-0.25, -0.2) is 0 Å². The summed E-state index contributed by atoms with van der Waals surface area (Å²) in [6.45, 7) is 9.47. The van der Waals surface area contributed by atoms with Crippen LogP contribution < -0.4 is 4.74 Å². The molecule has 2 amide bonds. The Morgan fingerprint density at radius 2 is 1.89 bits per heavy atom. The minimum atomic E-state index is 0.0492. The van der Waals surface area contributed by atoms with E-state index >= 15 is 0 Å². The summed E-state index contributed by atoms with van der Waals surface area (Å²) in [6, 6.07) is 10.6. The highest BCUT2D eigenvalue weighted by atomic mass is 32.1. The smallest absolute Gasteiger partial charge is 0.236 e.